The van der Waals surface area contributed by atoms with Gasteiger partial charge in [0.2, 0.25) is 17.6 Å². The Kier molecular flexibility index (Phi) is 26.6. The number of nitrogens with one attached hydrogen (secondary N) is 2. The van der Waals surface area contributed by atoms with Crippen molar-refractivity contribution in [2.45, 2.75) is 39.7 Å². The number of nitrogens with zero attached hydrogens (tertiary/aromatic N) is 9. The van der Waals surface area contributed by atoms with E-state index in [0.717, 1.165) is 5.56 Å². The second-order valence-electron chi connectivity index (χ2n) is 19.3. The van der Waals surface area contributed by atoms with E-state index in [1.165, 1.54) is 6.07 Å². The van der Waals surface area contributed by atoms with Gasteiger partial charge in [0.15, 0.2) is 5.82 Å². The maximum absolute atomic E-state index is 13.1. The lowest BCUT2D eigenvalue weighted by atomic mass is 9.98. The van der Waals surface area contributed by atoms with Crippen LogP contribution in [0, 0.1) is 0 Å². The molecule has 2 aliphatic heterocycles. The van der Waals surface area contributed by atoms with E-state index in [9.17, 15) is 54.3 Å². The molecular weight excluding hydrogens is 1020 g/mol. The molecule has 0 spiro atoms. The average molecular weight is 1100 g/mol. The van der Waals surface area contributed by atoms with Gasteiger partial charge in [0.05, 0.1) is 91.0 Å². The molecule has 5 rings (SSSR count). The average Bonchev–Trinajstić information content (AvgIpc) is 3.83. The van der Waals surface area contributed by atoms with Gasteiger partial charge < -0.3 is 60.0 Å². The summed E-state index contributed by atoms with van der Waals surface area (Å²) in [4.78, 5) is 84.4. The molecule has 26 nitrogen and oxygen atoms in total. The zero-order valence-corrected chi connectivity index (χ0v) is 45.2. The number of aromatic hydroxyl groups is 2. The number of aliphatic carboxylic acids is 3. The fourth-order valence-electron chi connectivity index (χ4n) is 8.88. The normalized spacial score (nSPS) is 15.9. The van der Waals surface area contributed by atoms with Crippen molar-refractivity contribution in [2.24, 2.45) is 0 Å². The van der Waals surface area contributed by atoms with Crippen molar-refractivity contribution in [3.8, 4) is 28.6 Å². The molecule has 3 heterocycles. The number of carbonyl (C=O) groups excluding carboxylic acids is 3. The molecule has 0 unspecified atom stereocenters. The van der Waals surface area contributed by atoms with Crippen LogP contribution in [0.15, 0.2) is 36.4 Å². The van der Waals surface area contributed by atoms with Crippen molar-refractivity contribution in [2.75, 3.05) is 171 Å². The minimum Gasteiger partial charge on any atom is -0.508 e. The topological polar surface area (TPSA) is 315 Å². The second-order valence-corrected chi connectivity index (χ2v) is 19.3. The van der Waals surface area contributed by atoms with E-state index in [2.05, 4.69) is 25.7 Å². The number of benzene rings is 2. The molecule has 432 valence electrons. The van der Waals surface area contributed by atoms with Gasteiger partial charge >= 0.3 is 17.9 Å². The fraction of sp³-hybridized carbons (Fsp3) is 0.615. The first-order valence-corrected chi connectivity index (χ1v) is 26.5. The molecule has 2 aliphatic rings. The molecule has 2 saturated heterocycles. The molecule has 0 radical (unpaired) electrons. The number of phenols is 2. The number of phenolic OH excluding ortho intramolecular Hbond substituents is 2. The molecule has 0 aliphatic carbocycles. The maximum Gasteiger partial charge on any atom is 0.317 e. The Labute approximate surface area is 454 Å². The van der Waals surface area contributed by atoms with Gasteiger partial charge in [-0.1, -0.05) is 26.0 Å². The maximum atomic E-state index is 13.1. The van der Waals surface area contributed by atoms with Crippen LogP contribution in [0.4, 0.5) is 0 Å². The Balaban J connectivity index is 0.902. The Morgan fingerprint density at radius 2 is 1.05 bits per heavy atom. The van der Waals surface area contributed by atoms with E-state index < -0.39 is 23.8 Å². The van der Waals surface area contributed by atoms with E-state index in [1.807, 2.05) is 54.8 Å². The molecular formula is C52H79N11O15. The number of aromatic nitrogens is 3. The molecule has 3 aromatic rings. The van der Waals surface area contributed by atoms with Crippen molar-refractivity contribution in [3.05, 3.63) is 53.3 Å². The van der Waals surface area contributed by atoms with Gasteiger partial charge in [-0.15, -0.1) is 10.2 Å². The molecule has 1 aromatic heterocycles. The number of rotatable bonds is 30. The van der Waals surface area contributed by atoms with Gasteiger partial charge in [-0.3, -0.25) is 57.8 Å². The number of piperazine rings is 1. The van der Waals surface area contributed by atoms with Crippen molar-refractivity contribution in [1.82, 2.24) is 54.8 Å². The third-order valence-corrected chi connectivity index (χ3v) is 13.1. The lowest BCUT2D eigenvalue weighted by Gasteiger charge is -2.34. The van der Waals surface area contributed by atoms with Gasteiger partial charge in [-0.05, 0) is 42.2 Å². The van der Waals surface area contributed by atoms with Gasteiger partial charge in [-0.25, -0.2) is 0 Å². The summed E-state index contributed by atoms with van der Waals surface area (Å²) in [6, 6.07) is 10.6. The van der Waals surface area contributed by atoms with Crippen LogP contribution in [-0.2, 0) is 49.5 Å². The number of ether oxygens (including phenoxy) is 4. The number of amides is 3. The summed E-state index contributed by atoms with van der Waals surface area (Å²) in [6.07, 6.45) is 0.264. The van der Waals surface area contributed by atoms with Crippen molar-refractivity contribution >= 4 is 35.6 Å². The first-order chi connectivity index (χ1) is 37.5. The highest BCUT2D eigenvalue weighted by Gasteiger charge is 2.26. The van der Waals surface area contributed by atoms with E-state index in [4.69, 9.17) is 18.9 Å². The predicted octanol–water partition coefficient (Wildman–Crippen LogP) is -0.0891. The zero-order chi connectivity index (χ0) is 56.4. The summed E-state index contributed by atoms with van der Waals surface area (Å²) in [6.45, 7) is 13.8. The highest BCUT2D eigenvalue weighted by molar-refractivity contribution is 5.92. The number of carboxylic acid groups (broad SMARTS) is 3. The zero-order valence-electron chi connectivity index (χ0n) is 45.2. The minimum atomic E-state index is -1.03. The molecule has 2 fully saturated rings. The number of hydrogen-bond acceptors (Lipinski definition) is 19. The first-order valence-electron chi connectivity index (χ1n) is 26.5. The van der Waals surface area contributed by atoms with Crippen LogP contribution in [0.25, 0.3) is 17.1 Å². The molecule has 0 saturated carbocycles. The van der Waals surface area contributed by atoms with Gasteiger partial charge in [-0.2, -0.15) is 0 Å². The van der Waals surface area contributed by atoms with Crippen LogP contribution in [0.5, 0.6) is 11.5 Å². The Bertz CT molecular complexity index is 2350. The van der Waals surface area contributed by atoms with Crippen molar-refractivity contribution in [3.63, 3.8) is 0 Å². The third kappa shape index (κ3) is 21.5. The van der Waals surface area contributed by atoms with Crippen LogP contribution < -0.4 is 10.6 Å². The van der Waals surface area contributed by atoms with Crippen molar-refractivity contribution in [1.29, 1.82) is 0 Å². The lowest BCUT2D eigenvalue weighted by molar-refractivity contribution is -0.140. The molecule has 7 N–H and O–H groups in total. The van der Waals surface area contributed by atoms with Gasteiger partial charge in [0, 0.05) is 110 Å². The molecule has 0 bridgehead atoms. The quantitative estimate of drug-likeness (QED) is 0.0429. The Morgan fingerprint density at radius 3 is 1.54 bits per heavy atom. The summed E-state index contributed by atoms with van der Waals surface area (Å²) >= 11 is 0. The summed E-state index contributed by atoms with van der Waals surface area (Å²) in [5.74, 6) is -3.67. The molecule has 26 heteroatoms. The lowest BCUT2D eigenvalue weighted by Crippen LogP contribution is -2.50. The standard InChI is InChI=1S/C52H79N11O15/c1-4-53-52(74)51-56-55-50(42-31-41(38(2)3)43(64)32-44(42)65)63(51)40-7-5-39(6-8-40)33-57-19-21-62(22-20-57)46(67)9-23-75-25-27-77-29-30-78-28-26-76-24-10-54-45(66)34-58-11-13-59(35-47(68)69)15-17-61(37-49(72)73)18-16-60(14-12-58)36-48(70)71/h5-8,31-32,38,64-65H,4,9-30,33-37H2,1-3H3,(H,53,74)(H,54,66)(H,68,69)(H,70,71)(H,72,73). The fourth-order valence-corrected chi connectivity index (χ4v) is 8.88. The molecule has 78 heavy (non-hydrogen) atoms. The second kappa shape index (κ2) is 33.2. The largest absolute Gasteiger partial charge is 0.508 e. The first kappa shape index (κ1) is 62.5. The van der Waals surface area contributed by atoms with Crippen LogP contribution >= 0.6 is 0 Å². The third-order valence-electron chi connectivity index (χ3n) is 13.1. The number of carbonyl (C=O) groups is 6. The predicted molar refractivity (Wildman–Crippen MR) is 284 cm³/mol. The minimum absolute atomic E-state index is 0.0124. The highest BCUT2D eigenvalue weighted by atomic mass is 16.6. The number of hydrogen-bond donors (Lipinski definition) is 7. The smallest absolute Gasteiger partial charge is 0.317 e. The highest BCUT2D eigenvalue weighted by Crippen LogP contribution is 2.38. The summed E-state index contributed by atoms with van der Waals surface area (Å²) in [7, 11) is 0. The summed E-state index contributed by atoms with van der Waals surface area (Å²) in [5.41, 5.74) is 2.61. The Hall–Kier alpha value is -6.36. The summed E-state index contributed by atoms with van der Waals surface area (Å²) in [5, 5.41) is 63.6. The van der Waals surface area contributed by atoms with E-state index >= 15 is 0 Å². The van der Waals surface area contributed by atoms with Crippen LogP contribution in [-0.4, -0.2) is 276 Å². The molecule has 2 aromatic carbocycles. The van der Waals surface area contributed by atoms with E-state index in [-0.39, 0.29) is 106 Å². The van der Waals surface area contributed by atoms with Crippen LogP contribution in [0.3, 0.4) is 0 Å². The van der Waals surface area contributed by atoms with E-state index in [0.29, 0.717) is 135 Å². The SMILES string of the molecule is CCNC(=O)c1nnc(-c2cc(C(C)C)c(O)cc2O)n1-c1ccc(CN2CCN(C(=O)CCOCCOCCOCCOCCNC(=O)CN3CCN(CC(=O)O)CCN(CC(=O)O)CCN(CC(=O)O)CC3)CC2)cc1. The monoisotopic (exact) mass is 1100 g/mol. The Morgan fingerprint density at radius 1 is 0.577 bits per heavy atom. The van der Waals surface area contributed by atoms with Crippen LogP contribution in [0.2, 0.25) is 0 Å². The van der Waals surface area contributed by atoms with Gasteiger partial charge in [0.25, 0.3) is 5.91 Å². The van der Waals surface area contributed by atoms with E-state index in [1.54, 1.807) is 25.3 Å². The molecule has 0 atom stereocenters. The number of carboxylic acids is 3. The summed E-state index contributed by atoms with van der Waals surface area (Å²) < 4.78 is 24.0. The van der Waals surface area contributed by atoms with Gasteiger partial charge in [0.1, 0.15) is 11.5 Å². The van der Waals surface area contributed by atoms with Crippen LogP contribution in [0.1, 0.15) is 54.9 Å². The van der Waals surface area contributed by atoms with Crippen molar-refractivity contribution < 1.29 is 73.2 Å². The molecule has 3 amide bonds.